The van der Waals surface area contributed by atoms with Gasteiger partial charge in [-0.1, -0.05) is 44.2 Å². The molecule has 3 aliphatic rings. The Bertz CT molecular complexity index is 1340. The van der Waals surface area contributed by atoms with Crippen LogP contribution in [0.5, 0.6) is 11.5 Å². The van der Waals surface area contributed by atoms with Gasteiger partial charge in [0, 0.05) is 30.3 Å². The maximum atomic E-state index is 13.3. The van der Waals surface area contributed by atoms with Gasteiger partial charge in [-0.3, -0.25) is 19.3 Å². The van der Waals surface area contributed by atoms with Crippen molar-refractivity contribution in [3.8, 4) is 11.5 Å². The molecule has 2 atom stereocenters. The first kappa shape index (κ1) is 26.7. The Morgan fingerprint density at radius 3 is 2.77 bits per heavy atom. The van der Waals surface area contributed by atoms with Crippen molar-refractivity contribution in [2.24, 2.45) is 9.98 Å². The highest BCUT2D eigenvalue weighted by molar-refractivity contribution is 8.15. The number of fused-ring (bicyclic) bond motifs is 4. The standard InChI is InChI=1S/C28H31N5O5S/c1-3-5-14-29-24(34)13-11-20-26(35)32-25-18-8-6-7-9-19(18)31-28(33(20)25)39-23(4-2)27(36)30-17-10-12-21-22(15-17)38-16-37-21/h6-10,12,15,20,23H,3-5,11,13-14,16H2,1-2H3,(H,29,34)(H,30,36). The van der Waals surface area contributed by atoms with Crippen LogP contribution in [0.25, 0.3) is 0 Å². The number of rotatable bonds is 10. The Kier molecular flexibility index (Phi) is 8.16. The molecule has 0 radical (unpaired) electrons. The highest BCUT2D eigenvalue weighted by Crippen LogP contribution is 2.38. The van der Waals surface area contributed by atoms with E-state index >= 15 is 0 Å². The van der Waals surface area contributed by atoms with Crippen LogP contribution in [0.15, 0.2) is 52.4 Å². The summed E-state index contributed by atoms with van der Waals surface area (Å²) in [5.74, 6) is 1.13. The van der Waals surface area contributed by atoms with E-state index in [2.05, 4.69) is 22.5 Å². The number of anilines is 1. The molecule has 3 heterocycles. The first-order valence-corrected chi connectivity index (χ1v) is 14.1. The monoisotopic (exact) mass is 549 g/mol. The minimum atomic E-state index is -0.661. The Morgan fingerprint density at radius 2 is 1.95 bits per heavy atom. The van der Waals surface area contributed by atoms with Gasteiger partial charge in [0.15, 0.2) is 16.7 Å². The van der Waals surface area contributed by atoms with Crippen molar-refractivity contribution in [3.05, 3.63) is 48.0 Å². The summed E-state index contributed by atoms with van der Waals surface area (Å²) in [6.45, 7) is 4.76. The quantitative estimate of drug-likeness (QED) is 0.426. The van der Waals surface area contributed by atoms with Crippen molar-refractivity contribution in [2.45, 2.75) is 57.2 Å². The predicted octanol–water partition coefficient (Wildman–Crippen LogP) is 4.22. The van der Waals surface area contributed by atoms with E-state index in [0.717, 1.165) is 18.4 Å². The fourth-order valence-electron chi connectivity index (χ4n) is 4.56. The van der Waals surface area contributed by atoms with E-state index in [9.17, 15) is 14.4 Å². The molecule has 0 aliphatic carbocycles. The van der Waals surface area contributed by atoms with E-state index in [4.69, 9.17) is 14.5 Å². The number of nitrogens with one attached hydrogen (secondary N) is 2. The van der Waals surface area contributed by atoms with Gasteiger partial charge in [0.1, 0.15) is 11.9 Å². The Labute approximate surface area is 231 Å². The third-order valence-corrected chi connectivity index (χ3v) is 7.99. The molecule has 204 valence electrons. The van der Waals surface area contributed by atoms with Crippen molar-refractivity contribution in [3.63, 3.8) is 0 Å². The zero-order valence-corrected chi connectivity index (χ0v) is 22.8. The average Bonchev–Trinajstić information content (AvgIpc) is 3.54. The number of unbranched alkanes of at least 4 members (excludes halogenated alkanes) is 1. The zero-order valence-electron chi connectivity index (χ0n) is 21.9. The van der Waals surface area contributed by atoms with E-state index in [1.807, 2.05) is 31.2 Å². The molecular formula is C28H31N5O5S. The third kappa shape index (κ3) is 5.78. The van der Waals surface area contributed by atoms with Crippen LogP contribution in [0.3, 0.4) is 0 Å². The fraction of sp³-hybridized carbons (Fsp3) is 0.393. The topological polar surface area (TPSA) is 122 Å². The number of hydrogen-bond acceptors (Lipinski definition) is 8. The lowest BCUT2D eigenvalue weighted by Gasteiger charge is -2.32. The van der Waals surface area contributed by atoms with Crippen LogP contribution >= 0.6 is 11.8 Å². The smallest absolute Gasteiger partial charge is 0.270 e. The number of carbonyl (C=O) groups is 3. The van der Waals surface area contributed by atoms with Crippen LogP contribution in [0.1, 0.15) is 51.5 Å². The molecule has 10 nitrogen and oxygen atoms in total. The molecule has 0 bridgehead atoms. The van der Waals surface area contributed by atoms with Gasteiger partial charge < -0.3 is 20.1 Å². The number of para-hydroxylation sites is 1. The molecule has 0 aromatic heterocycles. The number of carbonyl (C=O) groups excluding carboxylic acids is 3. The van der Waals surface area contributed by atoms with Crippen LogP contribution in [-0.4, -0.2) is 58.3 Å². The average molecular weight is 550 g/mol. The molecule has 2 aromatic carbocycles. The number of amidine groups is 2. The number of nitrogens with zero attached hydrogens (tertiary/aromatic N) is 3. The maximum absolute atomic E-state index is 13.3. The number of benzene rings is 2. The number of ether oxygens (including phenoxy) is 2. The van der Waals surface area contributed by atoms with E-state index in [1.54, 1.807) is 23.1 Å². The molecule has 2 N–H and O–H groups in total. The molecule has 3 aliphatic heterocycles. The molecule has 5 rings (SSSR count). The number of hydrogen-bond donors (Lipinski definition) is 2. The first-order chi connectivity index (χ1) is 19.0. The maximum Gasteiger partial charge on any atom is 0.270 e. The van der Waals surface area contributed by atoms with E-state index in [0.29, 0.717) is 53.3 Å². The first-order valence-electron chi connectivity index (χ1n) is 13.2. The van der Waals surface area contributed by atoms with Crippen molar-refractivity contribution in [1.82, 2.24) is 10.2 Å². The number of amides is 3. The van der Waals surface area contributed by atoms with E-state index in [-0.39, 0.29) is 30.9 Å². The zero-order chi connectivity index (χ0) is 27.4. The van der Waals surface area contributed by atoms with Crippen molar-refractivity contribution in [1.29, 1.82) is 0 Å². The van der Waals surface area contributed by atoms with Gasteiger partial charge in [-0.2, -0.15) is 4.99 Å². The summed E-state index contributed by atoms with van der Waals surface area (Å²) in [4.78, 5) is 49.8. The van der Waals surface area contributed by atoms with Crippen LogP contribution in [0.2, 0.25) is 0 Å². The second-order valence-electron chi connectivity index (χ2n) is 9.39. The van der Waals surface area contributed by atoms with Crippen LogP contribution in [0, 0.1) is 0 Å². The lowest BCUT2D eigenvalue weighted by atomic mass is 10.1. The summed E-state index contributed by atoms with van der Waals surface area (Å²) in [5, 5.41) is 5.89. The molecule has 2 aromatic rings. The van der Waals surface area contributed by atoms with Crippen molar-refractivity contribution >= 4 is 51.9 Å². The van der Waals surface area contributed by atoms with E-state index in [1.165, 1.54) is 11.8 Å². The third-order valence-electron chi connectivity index (χ3n) is 6.66. The van der Waals surface area contributed by atoms with Crippen LogP contribution < -0.4 is 20.1 Å². The van der Waals surface area contributed by atoms with Gasteiger partial charge in [0.05, 0.1) is 10.9 Å². The number of thioether (sulfide) groups is 1. The summed E-state index contributed by atoms with van der Waals surface area (Å²) in [6, 6.07) is 12.1. The minimum Gasteiger partial charge on any atom is -0.454 e. The second-order valence-corrected chi connectivity index (χ2v) is 10.6. The molecule has 0 spiro atoms. The van der Waals surface area contributed by atoms with Crippen LogP contribution in [-0.2, 0) is 14.4 Å². The SMILES string of the molecule is CCCCNC(=O)CCC1C(=O)N=C2c3ccccc3N=C(SC(CC)C(=O)Nc3ccc4c(c3)OCO4)N21. The highest BCUT2D eigenvalue weighted by Gasteiger charge is 2.42. The summed E-state index contributed by atoms with van der Waals surface area (Å²) in [6.07, 6.45) is 2.92. The molecule has 0 saturated heterocycles. The van der Waals surface area contributed by atoms with Crippen molar-refractivity contribution < 1.29 is 23.9 Å². The normalized spacial score (nSPS) is 17.6. The molecule has 0 saturated carbocycles. The van der Waals surface area contributed by atoms with Gasteiger partial charge in [-0.05, 0) is 43.5 Å². The molecule has 39 heavy (non-hydrogen) atoms. The molecular weight excluding hydrogens is 518 g/mol. The Hall–Kier alpha value is -3.86. The Morgan fingerprint density at radius 1 is 1.13 bits per heavy atom. The van der Waals surface area contributed by atoms with Gasteiger partial charge in [-0.25, -0.2) is 4.99 Å². The van der Waals surface area contributed by atoms with Gasteiger partial charge in [0.2, 0.25) is 18.6 Å². The molecule has 0 fully saturated rings. The molecule has 11 heteroatoms. The molecule has 2 unspecified atom stereocenters. The summed E-state index contributed by atoms with van der Waals surface area (Å²) >= 11 is 1.29. The lowest BCUT2D eigenvalue weighted by Crippen LogP contribution is -2.45. The summed E-state index contributed by atoms with van der Waals surface area (Å²) in [7, 11) is 0. The number of aliphatic imine (C=N–C) groups is 2. The summed E-state index contributed by atoms with van der Waals surface area (Å²) < 4.78 is 10.8. The minimum absolute atomic E-state index is 0.0946. The van der Waals surface area contributed by atoms with Crippen molar-refractivity contribution in [2.75, 3.05) is 18.7 Å². The molecule has 3 amide bonds. The van der Waals surface area contributed by atoms with Gasteiger partial charge >= 0.3 is 0 Å². The van der Waals surface area contributed by atoms with E-state index < -0.39 is 11.3 Å². The van der Waals surface area contributed by atoms with Gasteiger partial charge in [-0.15, -0.1) is 0 Å². The predicted molar refractivity (Wildman–Crippen MR) is 151 cm³/mol. The largest absolute Gasteiger partial charge is 0.454 e. The lowest BCUT2D eigenvalue weighted by molar-refractivity contribution is -0.122. The Balaban J connectivity index is 1.34. The summed E-state index contributed by atoms with van der Waals surface area (Å²) in [5.41, 5.74) is 2.04. The second kappa shape index (κ2) is 11.9. The van der Waals surface area contributed by atoms with Gasteiger partial charge in [0.25, 0.3) is 5.91 Å². The fourth-order valence-corrected chi connectivity index (χ4v) is 5.63. The highest BCUT2D eigenvalue weighted by atomic mass is 32.2. The van der Waals surface area contributed by atoms with Crippen LogP contribution in [0.4, 0.5) is 11.4 Å².